The number of rotatable bonds is 8. The number of aryl methyl sites for hydroxylation is 1. The average molecular weight is 451 g/mol. The van der Waals surface area contributed by atoms with Crippen LogP contribution in [0.4, 0.5) is 5.82 Å². The molecule has 0 unspecified atom stereocenters. The Morgan fingerprint density at radius 1 is 1.13 bits per heavy atom. The van der Waals surface area contributed by atoms with Crippen LogP contribution in [0.3, 0.4) is 0 Å². The summed E-state index contributed by atoms with van der Waals surface area (Å²) in [7, 11) is 0. The first-order valence-corrected chi connectivity index (χ1v) is 11.7. The zero-order chi connectivity index (χ0) is 21.6. The summed E-state index contributed by atoms with van der Waals surface area (Å²) in [5.74, 6) is 1.77. The number of carbonyl (C=O) groups is 1. The molecule has 0 aliphatic carbocycles. The number of anilines is 1. The van der Waals surface area contributed by atoms with Crippen molar-refractivity contribution in [2.75, 3.05) is 11.9 Å². The third kappa shape index (κ3) is 5.03. The number of nitrogens with one attached hydrogen (secondary N) is 1. The van der Waals surface area contributed by atoms with E-state index in [-0.39, 0.29) is 5.97 Å². The lowest BCUT2D eigenvalue weighted by Crippen LogP contribution is -2.06. The second-order valence-corrected chi connectivity index (χ2v) is 8.80. The maximum atomic E-state index is 12.4. The molecule has 0 aliphatic heterocycles. The molecule has 1 aromatic carbocycles. The van der Waals surface area contributed by atoms with Gasteiger partial charge >= 0.3 is 5.97 Å². The Morgan fingerprint density at radius 2 is 1.90 bits per heavy atom. The van der Waals surface area contributed by atoms with Crippen molar-refractivity contribution in [3.63, 3.8) is 0 Å². The maximum absolute atomic E-state index is 12.4. The highest BCUT2D eigenvalue weighted by Gasteiger charge is 2.21. The van der Waals surface area contributed by atoms with Crippen molar-refractivity contribution in [1.82, 2.24) is 15.0 Å². The number of hydrogen-bond donors (Lipinski definition) is 1. The predicted octanol–water partition coefficient (Wildman–Crippen LogP) is 5.48. The Labute approximate surface area is 189 Å². The van der Waals surface area contributed by atoms with Gasteiger partial charge in [0.2, 0.25) is 0 Å². The molecule has 0 atom stereocenters. The molecule has 6 nitrogen and oxygen atoms in total. The molecule has 0 saturated carbocycles. The van der Waals surface area contributed by atoms with Gasteiger partial charge in [0.25, 0.3) is 0 Å². The Hall–Kier alpha value is -2.97. The van der Waals surface area contributed by atoms with Crippen LogP contribution in [0.25, 0.3) is 10.2 Å². The lowest BCUT2D eigenvalue weighted by molar-refractivity contribution is 0.0531. The second kappa shape index (κ2) is 9.89. The van der Waals surface area contributed by atoms with Gasteiger partial charge < -0.3 is 10.1 Å². The fourth-order valence-electron chi connectivity index (χ4n) is 3.12. The van der Waals surface area contributed by atoms with Gasteiger partial charge in [0, 0.05) is 23.8 Å². The average Bonchev–Trinajstić information content (AvgIpc) is 3.14. The topological polar surface area (TPSA) is 77.0 Å². The Balaban J connectivity index is 1.68. The van der Waals surface area contributed by atoms with E-state index in [0.717, 1.165) is 37.9 Å². The van der Waals surface area contributed by atoms with E-state index in [9.17, 15) is 4.79 Å². The van der Waals surface area contributed by atoms with Crippen LogP contribution in [0.2, 0.25) is 0 Å². The lowest BCUT2D eigenvalue weighted by Gasteiger charge is -2.10. The SMILES string of the molecule is CCOC(=O)c1sc2nc(CSc3ccccc3)nc(NCc3ccncc3)c2c1C. The summed E-state index contributed by atoms with van der Waals surface area (Å²) >= 11 is 3.04. The summed E-state index contributed by atoms with van der Waals surface area (Å²) in [4.78, 5) is 28.6. The predicted molar refractivity (Wildman–Crippen MR) is 126 cm³/mol. The van der Waals surface area contributed by atoms with Gasteiger partial charge in [-0.25, -0.2) is 14.8 Å². The van der Waals surface area contributed by atoms with Gasteiger partial charge in [-0.1, -0.05) is 18.2 Å². The molecule has 3 heterocycles. The van der Waals surface area contributed by atoms with E-state index in [0.29, 0.717) is 23.8 Å². The van der Waals surface area contributed by atoms with Crippen LogP contribution in [0.15, 0.2) is 59.8 Å². The molecule has 1 N–H and O–H groups in total. The molecule has 158 valence electrons. The zero-order valence-electron chi connectivity index (χ0n) is 17.3. The van der Waals surface area contributed by atoms with Crippen molar-refractivity contribution < 1.29 is 9.53 Å². The minimum atomic E-state index is -0.316. The van der Waals surface area contributed by atoms with Crippen molar-refractivity contribution in [1.29, 1.82) is 0 Å². The quantitative estimate of drug-likeness (QED) is 0.281. The van der Waals surface area contributed by atoms with Crippen LogP contribution in [0, 0.1) is 6.92 Å². The van der Waals surface area contributed by atoms with Crippen molar-refractivity contribution >= 4 is 45.1 Å². The van der Waals surface area contributed by atoms with E-state index in [2.05, 4.69) is 22.4 Å². The minimum Gasteiger partial charge on any atom is -0.462 e. The first-order valence-electron chi connectivity index (χ1n) is 9.93. The number of hydrogen-bond acceptors (Lipinski definition) is 8. The number of nitrogens with zero attached hydrogens (tertiary/aromatic N) is 3. The van der Waals surface area contributed by atoms with Gasteiger partial charge in [-0.2, -0.15) is 0 Å². The van der Waals surface area contributed by atoms with Crippen LogP contribution in [0.1, 0.15) is 33.5 Å². The summed E-state index contributed by atoms with van der Waals surface area (Å²) in [6.07, 6.45) is 3.53. The molecule has 31 heavy (non-hydrogen) atoms. The van der Waals surface area contributed by atoms with Gasteiger partial charge in [-0.3, -0.25) is 4.98 Å². The normalized spacial score (nSPS) is 10.9. The van der Waals surface area contributed by atoms with E-state index in [1.807, 2.05) is 37.3 Å². The Kier molecular flexibility index (Phi) is 6.79. The number of esters is 1. The third-order valence-corrected chi connectivity index (χ3v) is 6.79. The van der Waals surface area contributed by atoms with E-state index >= 15 is 0 Å². The molecular weight excluding hydrogens is 428 g/mol. The summed E-state index contributed by atoms with van der Waals surface area (Å²) < 4.78 is 5.23. The molecule has 4 rings (SSSR count). The van der Waals surface area contributed by atoms with Crippen molar-refractivity contribution in [2.45, 2.75) is 31.0 Å². The zero-order valence-corrected chi connectivity index (χ0v) is 18.9. The number of pyridine rings is 1. The summed E-state index contributed by atoms with van der Waals surface area (Å²) in [5.41, 5.74) is 1.94. The number of benzene rings is 1. The number of fused-ring (bicyclic) bond motifs is 1. The fourth-order valence-corrected chi connectivity index (χ4v) is 4.99. The number of aromatic nitrogens is 3. The molecule has 0 bridgehead atoms. The van der Waals surface area contributed by atoms with Crippen LogP contribution < -0.4 is 5.32 Å². The van der Waals surface area contributed by atoms with Crippen molar-refractivity contribution in [3.05, 3.63) is 76.7 Å². The summed E-state index contributed by atoms with van der Waals surface area (Å²) in [6.45, 7) is 4.67. The first-order chi connectivity index (χ1) is 15.2. The highest BCUT2D eigenvalue weighted by Crippen LogP contribution is 2.35. The molecule has 0 fully saturated rings. The van der Waals surface area contributed by atoms with E-state index in [1.165, 1.54) is 11.3 Å². The van der Waals surface area contributed by atoms with Crippen LogP contribution in [-0.4, -0.2) is 27.5 Å². The number of ether oxygens (including phenoxy) is 1. The van der Waals surface area contributed by atoms with E-state index in [4.69, 9.17) is 14.7 Å². The van der Waals surface area contributed by atoms with E-state index in [1.54, 1.807) is 31.1 Å². The summed E-state index contributed by atoms with van der Waals surface area (Å²) in [5, 5.41) is 4.30. The molecule has 3 aromatic heterocycles. The first kappa shape index (κ1) is 21.3. The molecule has 0 saturated heterocycles. The highest BCUT2D eigenvalue weighted by atomic mass is 32.2. The second-order valence-electron chi connectivity index (χ2n) is 6.76. The number of thioether (sulfide) groups is 1. The van der Waals surface area contributed by atoms with Crippen molar-refractivity contribution in [2.24, 2.45) is 0 Å². The van der Waals surface area contributed by atoms with Gasteiger partial charge in [-0.15, -0.1) is 23.1 Å². The molecular formula is C23H22N4O2S2. The van der Waals surface area contributed by atoms with Crippen LogP contribution >= 0.6 is 23.1 Å². The van der Waals surface area contributed by atoms with Gasteiger partial charge in [0.1, 0.15) is 21.3 Å². The minimum absolute atomic E-state index is 0.316. The molecule has 4 aromatic rings. The van der Waals surface area contributed by atoms with Gasteiger partial charge in [0.05, 0.1) is 17.7 Å². The molecule has 0 radical (unpaired) electrons. The highest BCUT2D eigenvalue weighted by molar-refractivity contribution is 7.98. The van der Waals surface area contributed by atoms with Crippen LogP contribution in [0.5, 0.6) is 0 Å². The van der Waals surface area contributed by atoms with Crippen LogP contribution in [-0.2, 0) is 17.0 Å². The van der Waals surface area contributed by atoms with Crippen molar-refractivity contribution in [3.8, 4) is 0 Å². The Morgan fingerprint density at radius 3 is 2.65 bits per heavy atom. The fraction of sp³-hybridized carbons (Fsp3) is 0.217. The molecule has 8 heteroatoms. The van der Waals surface area contributed by atoms with E-state index < -0.39 is 0 Å². The third-order valence-electron chi connectivity index (χ3n) is 4.62. The number of carbonyl (C=O) groups excluding carboxylic acids is 1. The maximum Gasteiger partial charge on any atom is 0.348 e. The Bertz CT molecular complexity index is 1180. The molecule has 0 spiro atoms. The standard InChI is InChI=1S/C23H22N4O2S2/c1-3-29-23(28)20-15(2)19-21(25-13-16-9-11-24-12-10-16)26-18(27-22(19)31-20)14-30-17-7-5-4-6-8-17/h4-12H,3,13-14H2,1-2H3,(H,25,26,27). The molecule has 0 amide bonds. The van der Waals surface area contributed by atoms with Gasteiger partial charge in [0.15, 0.2) is 0 Å². The van der Waals surface area contributed by atoms with Gasteiger partial charge in [-0.05, 0) is 49.2 Å². The molecule has 0 aliphatic rings. The summed E-state index contributed by atoms with van der Waals surface area (Å²) in [6, 6.07) is 14.1. The lowest BCUT2D eigenvalue weighted by atomic mass is 10.2. The largest absolute Gasteiger partial charge is 0.462 e. The smallest absolute Gasteiger partial charge is 0.348 e. The monoisotopic (exact) mass is 450 g/mol. The number of thiophene rings is 1.